The highest BCUT2D eigenvalue weighted by atomic mass is 16.5. The molecule has 37 heavy (non-hydrogen) atoms. The molecule has 1 aliphatic heterocycles. The van der Waals surface area contributed by atoms with Crippen molar-refractivity contribution in [1.29, 1.82) is 0 Å². The lowest BCUT2D eigenvalue weighted by Gasteiger charge is -2.33. The Balaban J connectivity index is 1.90. The van der Waals surface area contributed by atoms with E-state index in [0.29, 0.717) is 26.1 Å². The number of carbonyl (C=O) groups is 2. The molecule has 0 saturated carbocycles. The molecule has 0 spiro atoms. The highest BCUT2D eigenvalue weighted by Gasteiger charge is 2.17. The molecule has 1 saturated heterocycles. The van der Waals surface area contributed by atoms with E-state index in [0.717, 1.165) is 65.0 Å². The number of nitrogens with zero attached hydrogens (tertiary/aromatic N) is 2. The first kappa shape index (κ1) is 33.4. The molecule has 1 unspecified atom stereocenters. The molecular formula is C31H56N2O4. The molecule has 0 aromatic rings. The van der Waals surface area contributed by atoms with E-state index in [9.17, 15) is 9.59 Å². The molecule has 0 radical (unpaired) electrons. The van der Waals surface area contributed by atoms with Crippen molar-refractivity contribution in [2.24, 2.45) is 5.92 Å². The first-order valence-corrected chi connectivity index (χ1v) is 15.1. The maximum absolute atomic E-state index is 12.0. The van der Waals surface area contributed by atoms with Crippen molar-refractivity contribution in [2.45, 2.75) is 104 Å². The van der Waals surface area contributed by atoms with Crippen LogP contribution in [-0.4, -0.2) is 74.2 Å². The molecule has 1 heterocycles. The third kappa shape index (κ3) is 20.0. The number of piperazine rings is 1. The molecule has 1 fully saturated rings. The van der Waals surface area contributed by atoms with Crippen molar-refractivity contribution in [1.82, 2.24) is 9.80 Å². The van der Waals surface area contributed by atoms with Gasteiger partial charge in [-0.25, -0.2) is 0 Å². The summed E-state index contributed by atoms with van der Waals surface area (Å²) in [6.45, 7) is 13.0. The van der Waals surface area contributed by atoms with Crippen LogP contribution in [0.3, 0.4) is 0 Å². The average molecular weight is 521 g/mol. The Morgan fingerprint density at radius 3 is 1.86 bits per heavy atom. The van der Waals surface area contributed by atoms with E-state index in [4.69, 9.17) is 9.47 Å². The summed E-state index contributed by atoms with van der Waals surface area (Å²) in [6.07, 6.45) is 22.9. The Kier molecular flexibility index (Phi) is 21.2. The second-order valence-electron chi connectivity index (χ2n) is 10.5. The molecule has 6 nitrogen and oxygen atoms in total. The smallest absolute Gasteiger partial charge is 0.307 e. The van der Waals surface area contributed by atoms with Gasteiger partial charge in [-0.05, 0) is 45.1 Å². The van der Waals surface area contributed by atoms with Crippen LogP contribution >= 0.6 is 0 Å². The van der Waals surface area contributed by atoms with E-state index in [1.165, 1.54) is 44.9 Å². The normalized spacial score (nSPS) is 16.0. The molecule has 1 aliphatic rings. The number of rotatable bonds is 22. The van der Waals surface area contributed by atoms with Crippen LogP contribution in [0, 0.1) is 5.92 Å². The fourth-order valence-electron chi connectivity index (χ4n) is 4.32. The lowest BCUT2D eigenvalue weighted by atomic mass is 10.1. The summed E-state index contributed by atoms with van der Waals surface area (Å²) in [5.41, 5.74) is 0. The third-order valence-corrected chi connectivity index (χ3v) is 6.93. The average Bonchev–Trinajstić information content (AvgIpc) is 2.91. The zero-order valence-corrected chi connectivity index (χ0v) is 24.3. The summed E-state index contributed by atoms with van der Waals surface area (Å²) in [5, 5.41) is 0. The number of carbonyl (C=O) groups excluding carboxylic acids is 2. The number of unbranched alkanes of at least 4 members (excludes halogenated alkanes) is 8. The van der Waals surface area contributed by atoms with Gasteiger partial charge in [0.1, 0.15) is 0 Å². The predicted octanol–water partition coefficient (Wildman–Crippen LogP) is 6.55. The Bertz CT molecular complexity index is 627. The van der Waals surface area contributed by atoms with Crippen LogP contribution in [0.1, 0.15) is 104 Å². The molecule has 0 aliphatic carbocycles. The SMILES string of the molecule is CCCCC/C=C\C/C=C\CCCCCCCC(=O)OCC(C)COC(=O)CCN1CCN(CC)CC1. The van der Waals surface area contributed by atoms with Gasteiger partial charge in [0.2, 0.25) is 0 Å². The van der Waals surface area contributed by atoms with E-state index in [1.807, 2.05) is 6.92 Å². The summed E-state index contributed by atoms with van der Waals surface area (Å²) in [6, 6.07) is 0. The minimum atomic E-state index is -0.166. The summed E-state index contributed by atoms with van der Waals surface area (Å²) >= 11 is 0. The van der Waals surface area contributed by atoms with Gasteiger partial charge in [-0.2, -0.15) is 0 Å². The molecule has 1 atom stereocenters. The maximum atomic E-state index is 12.0. The van der Waals surface area contributed by atoms with Crippen LogP contribution in [0.15, 0.2) is 24.3 Å². The van der Waals surface area contributed by atoms with Crippen LogP contribution < -0.4 is 0 Å². The monoisotopic (exact) mass is 520 g/mol. The van der Waals surface area contributed by atoms with Gasteiger partial charge >= 0.3 is 11.9 Å². The maximum Gasteiger partial charge on any atom is 0.307 e. The zero-order valence-electron chi connectivity index (χ0n) is 24.3. The van der Waals surface area contributed by atoms with Gasteiger partial charge in [0, 0.05) is 45.1 Å². The molecule has 0 N–H and O–H groups in total. The van der Waals surface area contributed by atoms with E-state index < -0.39 is 0 Å². The van der Waals surface area contributed by atoms with Crippen LogP contribution in [-0.2, 0) is 19.1 Å². The van der Waals surface area contributed by atoms with Crippen molar-refractivity contribution in [3.8, 4) is 0 Å². The Hall–Kier alpha value is -1.66. The zero-order chi connectivity index (χ0) is 27.0. The second-order valence-corrected chi connectivity index (χ2v) is 10.5. The highest BCUT2D eigenvalue weighted by molar-refractivity contribution is 5.70. The highest BCUT2D eigenvalue weighted by Crippen LogP contribution is 2.10. The molecule has 1 rings (SSSR count). The van der Waals surface area contributed by atoms with Gasteiger partial charge in [-0.1, -0.05) is 77.2 Å². The summed E-state index contributed by atoms with van der Waals surface area (Å²) < 4.78 is 10.8. The van der Waals surface area contributed by atoms with E-state index in [2.05, 4.69) is 48.0 Å². The third-order valence-electron chi connectivity index (χ3n) is 6.93. The number of ether oxygens (including phenoxy) is 2. The van der Waals surface area contributed by atoms with Crippen molar-refractivity contribution < 1.29 is 19.1 Å². The number of esters is 2. The number of likely N-dealkylation sites (N-methyl/N-ethyl adjacent to an activating group) is 1. The van der Waals surface area contributed by atoms with Gasteiger partial charge in [-0.15, -0.1) is 0 Å². The van der Waals surface area contributed by atoms with Gasteiger partial charge in [0.05, 0.1) is 19.6 Å². The summed E-state index contributed by atoms with van der Waals surface area (Å²) in [7, 11) is 0. The van der Waals surface area contributed by atoms with Crippen LogP contribution in [0.5, 0.6) is 0 Å². The first-order valence-electron chi connectivity index (χ1n) is 15.1. The lowest BCUT2D eigenvalue weighted by Crippen LogP contribution is -2.46. The van der Waals surface area contributed by atoms with Gasteiger partial charge < -0.3 is 19.3 Å². The molecule has 0 aromatic carbocycles. The Morgan fingerprint density at radius 1 is 0.703 bits per heavy atom. The summed E-state index contributed by atoms with van der Waals surface area (Å²) in [4.78, 5) is 28.8. The topological polar surface area (TPSA) is 59.1 Å². The quantitative estimate of drug-likeness (QED) is 0.0916. The van der Waals surface area contributed by atoms with Crippen molar-refractivity contribution in [3.05, 3.63) is 24.3 Å². The minimum Gasteiger partial charge on any atom is -0.465 e. The summed E-state index contributed by atoms with van der Waals surface area (Å²) in [5.74, 6) is -0.290. The standard InChI is InChI=1S/C31H56N2O4/c1-4-6-7-8-9-10-11-12-13-14-15-16-17-18-19-20-30(34)36-27-29(3)28-37-31(35)21-22-33-25-23-32(5-2)24-26-33/h9-10,12-13,29H,4-8,11,14-28H2,1-3H3/b10-9-,13-12-. The van der Waals surface area contributed by atoms with Crippen molar-refractivity contribution >= 4 is 11.9 Å². The van der Waals surface area contributed by atoms with Crippen molar-refractivity contribution in [3.63, 3.8) is 0 Å². The number of hydrogen-bond donors (Lipinski definition) is 0. The second kappa shape index (κ2) is 23.5. The molecule has 0 amide bonds. The fourth-order valence-corrected chi connectivity index (χ4v) is 4.32. The predicted molar refractivity (Wildman–Crippen MR) is 154 cm³/mol. The van der Waals surface area contributed by atoms with Gasteiger partial charge in [0.15, 0.2) is 0 Å². The number of allylic oxidation sites excluding steroid dienone is 4. The van der Waals surface area contributed by atoms with Crippen LogP contribution in [0.2, 0.25) is 0 Å². The largest absolute Gasteiger partial charge is 0.465 e. The molecule has 6 heteroatoms. The fraction of sp³-hybridized carbons (Fsp3) is 0.806. The Labute approximate surface area is 227 Å². The van der Waals surface area contributed by atoms with E-state index >= 15 is 0 Å². The molecular weight excluding hydrogens is 464 g/mol. The van der Waals surface area contributed by atoms with Crippen LogP contribution in [0.4, 0.5) is 0 Å². The van der Waals surface area contributed by atoms with E-state index in [-0.39, 0.29) is 17.9 Å². The van der Waals surface area contributed by atoms with Crippen molar-refractivity contribution in [2.75, 3.05) is 52.5 Å². The van der Waals surface area contributed by atoms with Crippen LogP contribution in [0.25, 0.3) is 0 Å². The molecule has 0 bridgehead atoms. The van der Waals surface area contributed by atoms with E-state index in [1.54, 1.807) is 0 Å². The minimum absolute atomic E-state index is 0.0191. The molecule has 214 valence electrons. The molecule has 0 aromatic heterocycles. The van der Waals surface area contributed by atoms with Gasteiger partial charge in [0.25, 0.3) is 0 Å². The van der Waals surface area contributed by atoms with Gasteiger partial charge in [-0.3, -0.25) is 9.59 Å². The number of hydrogen-bond acceptors (Lipinski definition) is 6. The lowest BCUT2D eigenvalue weighted by molar-refractivity contribution is -0.148. The Morgan fingerprint density at radius 2 is 1.24 bits per heavy atom. The first-order chi connectivity index (χ1) is 18.0.